The third kappa shape index (κ3) is 11.9. The maximum Gasteiger partial charge on any atom is 0.309 e. The van der Waals surface area contributed by atoms with Crippen molar-refractivity contribution in [2.24, 2.45) is 0 Å². The Labute approximate surface area is 173 Å². The van der Waals surface area contributed by atoms with E-state index < -0.39 is 47.7 Å². The number of hydrazine groups is 1. The van der Waals surface area contributed by atoms with E-state index >= 15 is 0 Å². The van der Waals surface area contributed by atoms with E-state index in [9.17, 15) is 28.8 Å². The molecule has 0 heterocycles. The fourth-order valence-corrected chi connectivity index (χ4v) is 1.89. The summed E-state index contributed by atoms with van der Waals surface area (Å²) < 4.78 is 8.92. The van der Waals surface area contributed by atoms with Gasteiger partial charge in [-0.25, -0.2) is 0 Å². The molecule has 0 bridgehead atoms. The molecule has 0 aromatic heterocycles. The summed E-state index contributed by atoms with van der Waals surface area (Å²) in [4.78, 5) is 69.3. The van der Waals surface area contributed by atoms with Crippen LogP contribution >= 0.6 is 0 Å². The van der Waals surface area contributed by atoms with E-state index in [1.807, 2.05) is 0 Å². The lowest BCUT2D eigenvalue weighted by Crippen LogP contribution is -2.55. The van der Waals surface area contributed by atoms with E-state index in [0.29, 0.717) is 0 Å². The molecule has 4 amide bonds. The fraction of sp³-hybridized carbons (Fsp3) is 0.444. The van der Waals surface area contributed by atoms with Gasteiger partial charge in [0.2, 0.25) is 11.8 Å². The molecule has 0 aromatic rings. The van der Waals surface area contributed by atoms with Gasteiger partial charge in [0.1, 0.15) is 12.1 Å². The van der Waals surface area contributed by atoms with Crippen molar-refractivity contribution in [2.75, 3.05) is 14.2 Å². The van der Waals surface area contributed by atoms with Gasteiger partial charge in [0.05, 0.1) is 27.1 Å². The Hall–Kier alpha value is -3.70. The first kappa shape index (κ1) is 26.3. The third-order valence-corrected chi connectivity index (χ3v) is 3.27. The fourth-order valence-electron chi connectivity index (χ4n) is 1.89. The quantitative estimate of drug-likeness (QED) is 0.184. The zero-order valence-electron chi connectivity index (χ0n) is 17.1. The van der Waals surface area contributed by atoms with Crippen LogP contribution in [-0.4, -0.2) is 61.9 Å². The highest BCUT2D eigenvalue weighted by atomic mass is 16.5. The van der Waals surface area contributed by atoms with Gasteiger partial charge in [0.15, 0.2) is 0 Å². The second kappa shape index (κ2) is 14.3. The Balaban J connectivity index is 5.02. The maximum atomic E-state index is 12.2. The lowest BCUT2D eigenvalue weighted by molar-refractivity contribution is -0.140. The monoisotopic (exact) mass is 426 g/mol. The molecule has 0 spiro atoms. The van der Waals surface area contributed by atoms with Gasteiger partial charge in [-0.3, -0.25) is 39.6 Å². The van der Waals surface area contributed by atoms with Gasteiger partial charge in [-0.05, 0) is 0 Å². The SMILES string of the molecule is COC(=O)CC=CC(NC(C)=O)C(=O)NNC(=O)C(C=CCC(=O)OC)NC(C)=O. The summed E-state index contributed by atoms with van der Waals surface area (Å²) in [6.45, 7) is 2.37. The van der Waals surface area contributed by atoms with Crippen molar-refractivity contribution < 1.29 is 38.2 Å². The van der Waals surface area contributed by atoms with Crippen molar-refractivity contribution in [3.05, 3.63) is 24.3 Å². The number of nitrogens with one attached hydrogen (secondary N) is 4. The molecule has 0 aliphatic carbocycles. The molecule has 0 fully saturated rings. The molecule has 12 nitrogen and oxygen atoms in total. The van der Waals surface area contributed by atoms with Gasteiger partial charge in [0.25, 0.3) is 11.8 Å². The summed E-state index contributed by atoms with van der Waals surface area (Å²) >= 11 is 0. The van der Waals surface area contributed by atoms with Crippen molar-refractivity contribution in [1.82, 2.24) is 21.5 Å². The first-order chi connectivity index (χ1) is 14.1. The summed E-state index contributed by atoms with van der Waals surface area (Å²) in [5, 5.41) is 4.67. The minimum absolute atomic E-state index is 0.123. The van der Waals surface area contributed by atoms with Crippen LogP contribution in [0.25, 0.3) is 0 Å². The van der Waals surface area contributed by atoms with E-state index in [-0.39, 0.29) is 12.8 Å². The van der Waals surface area contributed by atoms with E-state index in [4.69, 9.17) is 0 Å². The van der Waals surface area contributed by atoms with Gasteiger partial charge < -0.3 is 20.1 Å². The molecule has 0 aliphatic rings. The van der Waals surface area contributed by atoms with Gasteiger partial charge in [0, 0.05) is 13.8 Å². The highest BCUT2D eigenvalue weighted by Crippen LogP contribution is 1.95. The Kier molecular flexibility index (Phi) is 12.6. The van der Waals surface area contributed by atoms with Crippen molar-refractivity contribution >= 4 is 35.6 Å². The Morgan fingerprint density at radius 2 is 1.03 bits per heavy atom. The minimum Gasteiger partial charge on any atom is -0.469 e. The molecule has 0 rings (SSSR count). The van der Waals surface area contributed by atoms with E-state index in [2.05, 4.69) is 31.0 Å². The van der Waals surface area contributed by atoms with Crippen molar-refractivity contribution in [3.63, 3.8) is 0 Å². The van der Waals surface area contributed by atoms with Crippen molar-refractivity contribution in [3.8, 4) is 0 Å². The molecule has 4 N–H and O–H groups in total. The number of ether oxygens (including phenoxy) is 2. The number of rotatable bonds is 10. The number of carbonyl (C=O) groups is 6. The van der Waals surface area contributed by atoms with Crippen LogP contribution in [0.3, 0.4) is 0 Å². The first-order valence-electron chi connectivity index (χ1n) is 8.71. The molecule has 12 heteroatoms. The number of esters is 2. The second-order valence-corrected chi connectivity index (χ2v) is 5.75. The minimum atomic E-state index is -1.18. The number of amides is 4. The highest BCUT2D eigenvalue weighted by molar-refractivity contribution is 5.93. The van der Waals surface area contributed by atoms with E-state index in [1.165, 1.54) is 52.4 Å². The summed E-state index contributed by atoms with van der Waals surface area (Å²) in [6.07, 6.45) is 4.90. The zero-order valence-corrected chi connectivity index (χ0v) is 17.1. The van der Waals surface area contributed by atoms with Crippen LogP contribution in [0.5, 0.6) is 0 Å². The summed E-state index contributed by atoms with van der Waals surface area (Å²) in [5.41, 5.74) is 4.21. The predicted molar refractivity (Wildman–Crippen MR) is 103 cm³/mol. The van der Waals surface area contributed by atoms with Gasteiger partial charge >= 0.3 is 11.9 Å². The molecule has 30 heavy (non-hydrogen) atoms. The van der Waals surface area contributed by atoms with Gasteiger partial charge in [-0.2, -0.15) is 0 Å². The molecule has 166 valence electrons. The molecular formula is C18H26N4O8. The molecule has 0 radical (unpaired) electrons. The standard InChI is InChI=1S/C18H26N4O8/c1-11(23)19-13(7-5-9-15(25)29-3)17(27)21-22-18(28)14(20-12(2)24)8-6-10-16(26)30-4/h5-8,13-14H,9-10H2,1-4H3,(H,19,23)(H,20,24)(H,21,27)(H,22,28). The Morgan fingerprint density at radius 3 is 1.30 bits per heavy atom. The smallest absolute Gasteiger partial charge is 0.309 e. The Morgan fingerprint density at radius 1 is 0.700 bits per heavy atom. The van der Waals surface area contributed by atoms with Gasteiger partial charge in [-0.1, -0.05) is 24.3 Å². The molecule has 2 atom stereocenters. The van der Waals surface area contributed by atoms with Crippen LogP contribution in [0.4, 0.5) is 0 Å². The number of hydrogen-bond donors (Lipinski definition) is 4. The topological polar surface area (TPSA) is 169 Å². The molecule has 0 saturated heterocycles. The Bertz CT molecular complexity index is 657. The van der Waals surface area contributed by atoms with Gasteiger partial charge in [-0.15, -0.1) is 0 Å². The zero-order chi connectivity index (χ0) is 23.1. The maximum absolute atomic E-state index is 12.2. The first-order valence-corrected chi connectivity index (χ1v) is 8.71. The van der Waals surface area contributed by atoms with Crippen LogP contribution in [0, 0.1) is 0 Å². The van der Waals surface area contributed by atoms with Crippen LogP contribution in [0.1, 0.15) is 26.7 Å². The van der Waals surface area contributed by atoms with E-state index in [0.717, 1.165) is 0 Å². The van der Waals surface area contributed by atoms with Crippen molar-refractivity contribution in [2.45, 2.75) is 38.8 Å². The largest absolute Gasteiger partial charge is 0.469 e. The average Bonchev–Trinajstić information content (AvgIpc) is 2.69. The molecule has 0 aliphatic heterocycles. The normalized spacial score (nSPS) is 12.5. The summed E-state index contributed by atoms with van der Waals surface area (Å²) in [7, 11) is 2.41. The lowest BCUT2D eigenvalue weighted by atomic mass is 10.2. The number of methoxy groups -OCH3 is 2. The van der Waals surface area contributed by atoms with E-state index in [1.54, 1.807) is 0 Å². The highest BCUT2D eigenvalue weighted by Gasteiger charge is 2.20. The average molecular weight is 426 g/mol. The summed E-state index contributed by atoms with van der Waals surface area (Å²) in [6, 6.07) is -2.36. The second-order valence-electron chi connectivity index (χ2n) is 5.75. The van der Waals surface area contributed by atoms with Crippen LogP contribution in [0.2, 0.25) is 0 Å². The molecule has 2 unspecified atom stereocenters. The molecule has 0 saturated carbocycles. The molecule has 0 aromatic carbocycles. The van der Waals surface area contributed by atoms with Crippen LogP contribution in [-0.2, 0) is 38.2 Å². The third-order valence-electron chi connectivity index (χ3n) is 3.27. The lowest BCUT2D eigenvalue weighted by Gasteiger charge is -2.17. The van der Waals surface area contributed by atoms with Crippen LogP contribution < -0.4 is 21.5 Å². The number of carbonyl (C=O) groups excluding carboxylic acids is 6. The van der Waals surface area contributed by atoms with Crippen molar-refractivity contribution in [1.29, 1.82) is 0 Å². The summed E-state index contributed by atoms with van der Waals surface area (Å²) in [5.74, 6) is -3.74. The predicted octanol–water partition coefficient (Wildman–Crippen LogP) is -1.62. The number of hydrogen-bond acceptors (Lipinski definition) is 8. The van der Waals surface area contributed by atoms with Crippen LogP contribution in [0.15, 0.2) is 24.3 Å². The molecular weight excluding hydrogens is 400 g/mol.